The van der Waals surface area contributed by atoms with Gasteiger partial charge in [-0.25, -0.2) is 0 Å². The Kier molecular flexibility index (Phi) is 4.76. The van der Waals surface area contributed by atoms with Crippen LogP contribution in [0.3, 0.4) is 0 Å². The van der Waals surface area contributed by atoms with Crippen LogP contribution >= 0.6 is 0 Å². The van der Waals surface area contributed by atoms with Crippen molar-refractivity contribution in [2.24, 2.45) is 0 Å². The second kappa shape index (κ2) is 7.92. The SMILES string of the molecule is O=c1nc2n(c3c1CN(Cc1ccccc1)CC3)CCN2Cc1ccc2ccccc2c1. The van der Waals surface area contributed by atoms with Crippen molar-refractivity contribution in [3.05, 3.63) is 106 Å². The minimum Gasteiger partial charge on any atom is -0.336 e. The van der Waals surface area contributed by atoms with E-state index >= 15 is 0 Å². The van der Waals surface area contributed by atoms with E-state index in [9.17, 15) is 4.79 Å². The maximum Gasteiger partial charge on any atom is 0.279 e. The summed E-state index contributed by atoms with van der Waals surface area (Å²) in [6, 6.07) is 25.5. The van der Waals surface area contributed by atoms with Crippen molar-refractivity contribution in [2.45, 2.75) is 32.6 Å². The molecule has 1 aromatic heterocycles. The van der Waals surface area contributed by atoms with E-state index in [0.29, 0.717) is 6.54 Å². The van der Waals surface area contributed by atoms with E-state index in [1.807, 2.05) is 6.07 Å². The molecule has 0 aliphatic carbocycles. The Labute approximate surface area is 187 Å². The van der Waals surface area contributed by atoms with Gasteiger partial charge < -0.3 is 9.47 Å². The lowest BCUT2D eigenvalue weighted by atomic mass is 10.1. The molecule has 32 heavy (non-hydrogen) atoms. The van der Waals surface area contributed by atoms with E-state index in [4.69, 9.17) is 0 Å². The minimum absolute atomic E-state index is 0.0607. The molecule has 0 saturated carbocycles. The smallest absolute Gasteiger partial charge is 0.279 e. The summed E-state index contributed by atoms with van der Waals surface area (Å²) in [5, 5.41) is 2.50. The summed E-state index contributed by atoms with van der Waals surface area (Å²) in [6.07, 6.45) is 0.900. The number of anilines is 1. The first kappa shape index (κ1) is 19.3. The van der Waals surface area contributed by atoms with Crippen molar-refractivity contribution in [2.75, 3.05) is 18.0 Å². The number of rotatable bonds is 4. The van der Waals surface area contributed by atoms with Gasteiger partial charge in [0, 0.05) is 51.4 Å². The number of hydrogen-bond donors (Lipinski definition) is 0. The molecular formula is C27H26N4O. The summed E-state index contributed by atoms with van der Waals surface area (Å²) in [4.78, 5) is 22.2. The second-order valence-electron chi connectivity index (χ2n) is 8.84. The van der Waals surface area contributed by atoms with Crippen LogP contribution in [0.15, 0.2) is 77.6 Å². The molecule has 2 aliphatic heterocycles. The van der Waals surface area contributed by atoms with Gasteiger partial charge in [-0.05, 0) is 28.0 Å². The molecule has 0 fully saturated rings. The van der Waals surface area contributed by atoms with Crippen molar-refractivity contribution >= 4 is 16.7 Å². The van der Waals surface area contributed by atoms with Gasteiger partial charge in [0.25, 0.3) is 5.56 Å². The van der Waals surface area contributed by atoms with Crippen molar-refractivity contribution in [1.29, 1.82) is 0 Å². The molecule has 0 N–H and O–H groups in total. The zero-order chi connectivity index (χ0) is 21.5. The predicted molar refractivity (Wildman–Crippen MR) is 128 cm³/mol. The van der Waals surface area contributed by atoms with E-state index in [1.165, 1.54) is 27.6 Å². The molecule has 5 heteroatoms. The zero-order valence-corrected chi connectivity index (χ0v) is 18.1. The molecule has 160 valence electrons. The summed E-state index contributed by atoms with van der Waals surface area (Å²) in [6.45, 7) is 5.09. The fourth-order valence-corrected chi connectivity index (χ4v) is 5.12. The molecule has 0 atom stereocenters. The molecule has 0 unspecified atom stereocenters. The minimum atomic E-state index is -0.0607. The molecule has 4 aromatic rings. The topological polar surface area (TPSA) is 41.4 Å². The molecule has 0 saturated heterocycles. The standard InChI is InChI=1S/C27H26N4O/c32-26-24-19-29(17-20-6-2-1-3-7-20)13-12-25(24)31-15-14-30(27(31)28-26)18-21-10-11-22-8-4-5-9-23(22)16-21/h1-11,16H,12-15,17-19H2. The Hall–Kier alpha value is -3.44. The fourth-order valence-electron chi connectivity index (χ4n) is 5.12. The third-order valence-corrected chi connectivity index (χ3v) is 6.73. The van der Waals surface area contributed by atoms with Gasteiger partial charge >= 0.3 is 0 Å². The summed E-state index contributed by atoms with van der Waals surface area (Å²) in [5.41, 5.74) is 4.54. The maximum atomic E-state index is 13.0. The molecule has 3 aromatic carbocycles. The number of benzene rings is 3. The van der Waals surface area contributed by atoms with Crippen LogP contribution < -0.4 is 10.5 Å². The Bertz CT molecular complexity index is 1350. The lowest BCUT2D eigenvalue weighted by molar-refractivity contribution is 0.239. The lowest BCUT2D eigenvalue weighted by Gasteiger charge is -2.30. The van der Waals surface area contributed by atoms with E-state index in [0.717, 1.165) is 50.7 Å². The molecule has 2 aliphatic rings. The van der Waals surface area contributed by atoms with Crippen molar-refractivity contribution in [3.63, 3.8) is 0 Å². The number of hydrogen-bond acceptors (Lipinski definition) is 4. The van der Waals surface area contributed by atoms with Gasteiger partial charge in [0.15, 0.2) is 0 Å². The van der Waals surface area contributed by atoms with E-state index in [-0.39, 0.29) is 5.56 Å². The van der Waals surface area contributed by atoms with Gasteiger partial charge in [0.2, 0.25) is 5.95 Å². The Balaban J connectivity index is 1.25. The van der Waals surface area contributed by atoms with Crippen LogP contribution in [0.5, 0.6) is 0 Å². The molecular weight excluding hydrogens is 396 g/mol. The lowest BCUT2D eigenvalue weighted by Crippen LogP contribution is -2.37. The number of fused-ring (bicyclic) bond motifs is 4. The fraction of sp³-hybridized carbons (Fsp3) is 0.259. The van der Waals surface area contributed by atoms with Crippen LogP contribution in [0.4, 0.5) is 5.95 Å². The van der Waals surface area contributed by atoms with Gasteiger partial charge in [-0.1, -0.05) is 66.7 Å². The highest BCUT2D eigenvalue weighted by Crippen LogP contribution is 2.27. The van der Waals surface area contributed by atoms with Gasteiger partial charge in [-0.2, -0.15) is 4.98 Å². The Morgan fingerprint density at radius 1 is 0.781 bits per heavy atom. The van der Waals surface area contributed by atoms with E-state index in [1.54, 1.807) is 0 Å². The normalized spacial score (nSPS) is 15.7. The monoisotopic (exact) mass is 422 g/mol. The highest BCUT2D eigenvalue weighted by Gasteiger charge is 2.29. The average Bonchev–Trinajstić information content (AvgIpc) is 3.22. The quantitative estimate of drug-likeness (QED) is 0.499. The molecule has 6 rings (SSSR count). The zero-order valence-electron chi connectivity index (χ0n) is 18.1. The number of aromatic nitrogens is 2. The van der Waals surface area contributed by atoms with E-state index in [2.05, 4.69) is 86.1 Å². The Morgan fingerprint density at radius 2 is 1.59 bits per heavy atom. The van der Waals surface area contributed by atoms with Gasteiger partial charge in [-0.3, -0.25) is 9.69 Å². The number of nitrogens with zero attached hydrogens (tertiary/aromatic N) is 4. The van der Waals surface area contributed by atoms with Crippen LogP contribution in [0, 0.1) is 0 Å². The van der Waals surface area contributed by atoms with Crippen LogP contribution in [0.1, 0.15) is 22.4 Å². The highest BCUT2D eigenvalue weighted by atomic mass is 16.1. The first-order valence-electron chi connectivity index (χ1n) is 11.4. The first-order valence-corrected chi connectivity index (χ1v) is 11.4. The molecule has 0 spiro atoms. The third-order valence-electron chi connectivity index (χ3n) is 6.73. The summed E-state index contributed by atoms with van der Waals surface area (Å²) < 4.78 is 2.29. The van der Waals surface area contributed by atoms with Crippen molar-refractivity contribution in [1.82, 2.24) is 14.5 Å². The van der Waals surface area contributed by atoms with Gasteiger partial charge in [0.1, 0.15) is 0 Å². The van der Waals surface area contributed by atoms with Crippen LogP contribution in [-0.4, -0.2) is 27.5 Å². The maximum absolute atomic E-state index is 13.0. The molecule has 0 bridgehead atoms. The van der Waals surface area contributed by atoms with E-state index < -0.39 is 0 Å². The summed E-state index contributed by atoms with van der Waals surface area (Å²) in [5.74, 6) is 0.832. The van der Waals surface area contributed by atoms with Crippen molar-refractivity contribution in [3.8, 4) is 0 Å². The largest absolute Gasteiger partial charge is 0.336 e. The molecule has 5 nitrogen and oxygen atoms in total. The first-order chi connectivity index (χ1) is 15.7. The predicted octanol–water partition coefficient (Wildman–Crippen LogP) is 3.98. The third kappa shape index (κ3) is 3.49. The van der Waals surface area contributed by atoms with Crippen molar-refractivity contribution < 1.29 is 0 Å². The Morgan fingerprint density at radius 3 is 2.47 bits per heavy atom. The average molecular weight is 423 g/mol. The summed E-state index contributed by atoms with van der Waals surface area (Å²) in [7, 11) is 0. The van der Waals surface area contributed by atoms with Gasteiger partial charge in [0.05, 0.1) is 5.56 Å². The van der Waals surface area contributed by atoms with Gasteiger partial charge in [-0.15, -0.1) is 0 Å². The van der Waals surface area contributed by atoms with Crippen LogP contribution in [0.2, 0.25) is 0 Å². The molecule has 0 amide bonds. The second-order valence-corrected chi connectivity index (χ2v) is 8.84. The van der Waals surface area contributed by atoms with Crippen LogP contribution in [0.25, 0.3) is 10.8 Å². The summed E-state index contributed by atoms with van der Waals surface area (Å²) >= 11 is 0. The van der Waals surface area contributed by atoms with Crippen LogP contribution in [-0.2, 0) is 32.6 Å². The highest BCUT2D eigenvalue weighted by molar-refractivity contribution is 5.83. The molecule has 3 heterocycles. The molecule has 0 radical (unpaired) electrons.